The molecule has 20 heavy (non-hydrogen) atoms. The van der Waals surface area contributed by atoms with Crippen LogP contribution in [0.5, 0.6) is 0 Å². The van der Waals surface area contributed by atoms with Crippen LogP contribution in [0.1, 0.15) is 51.0 Å². The van der Waals surface area contributed by atoms with E-state index in [9.17, 15) is 4.79 Å². The van der Waals surface area contributed by atoms with Gasteiger partial charge in [0.25, 0.3) is 0 Å². The highest BCUT2D eigenvalue weighted by Crippen LogP contribution is 2.18. The molecule has 0 aliphatic heterocycles. The summed E-state index contributed by atoms with van der Waals surface area (Å²) in [5.41, 5.74) is 0.958. The zero-order valence-corrected chi connectivity index (χ0v) is 12.6. The minimum atomic E-state index is -0.317. The van der Waals surface area contributed by atoms with Crippen LogP contribution in [-0.2, 0) is 14.3 Å². The number of carbonyl (C=O) groups is 1. The topological polar surface area (TPSA) is 35.5 Å². The van der Waals surface area contributed by atoms with Gasteiger partial charge in [-0.15, -0.1) is 0 Å². The van der Waals surface area contributed by atoms with Gasteiger partial charge in [-0.3, -0.25) is 4.79 Å². The van der Waals surface area contributed by atoms with Crippen LogP contribution in [0.4, 0.5) is 0 Å². The van der Waals surface area contributed by atoms with Crippen molar-refractivity contribution in [2.45, 2.75) is 45.4 Å². The van der Waals surface area contributed by atoms with Crippen LogP contribution in [0.25, 0.3) is 0 Å². The molecule has 0 saturated heterocycles. The normalized spacial score (nSPS) is 12.1. The number of esters is 1. The Morgan fingerprint density at radius 1 is 1.10 bits per heavy atom. The first-order valence-electron chi connectivity index (χ1n) is 7.58. The molecular formula is C17H26O3. The van der Waals surface area contributed by atoms with Crippen LogP contribution in [0.15, 0.2) is 30.3 Å². The fraction of sp³-hybridized carbons (Fsp3) is 0.588. The van der Waals surface area contributed by atoms with Gasteiger partial charge >= 0.3 is 5.97 Å². The summed E-state index contributed by atoms with van der Waals surface area (Å²) < 4.78 is 10.8. The maximum Gasteiger partial charge on any atom is 0.315 e. The van der Waals surface area contributed by atoms with Gasteiger partial charge in [0.15, 0.2) is 0 Å². The van der Waals surface area contributed by atoms with Crippen molar-refractivity contribution in [2.24, 2.45) is 0 Å². The zero-order valence-electron chi connectivity index (χ0n) is 12.6. The molecule has 0 bridgehead atoms. The molecule has 1 unspecified atom stereocenters. The first kappa shape index (κ1) is 16.7. The molecule has 112 valence electrons. The van der Waals surface area contributed by atoms with Crippen LogP contribution in [-0.4, -0.2) is 25.8 Å². The molecule has 0 amide bonds. The highest BCUT2D eigenvalue weighted by molar-refractivity contribution is 5.78. The third kappa shape index (κ3) is 6.20. The lowest BCUT2D eigenvalue weighted by Crippen LogP contribution is -2.21. The molecule has 0 aliphatic carbocycles. The van der Waals surface area contributed by atoms with Crippen LogP contribution in [0.3, 0.4) is 0 Å². The predicted octanol–water partition coefficient (Wildman–Crippen LogP) is 3.93. The fourth-order valence-electron chi connectivity index (χ4n) is 2.02. The van der Waals surface area contributed by atoms with Crippen molar-refractivity contribution < 1.29 is 14.3 Å². The molecule has 3 heteroatoms. The van der Waals surface area contributed by atoms with E-state index in [0.29, 0.717) is 19.8 Å². The van der Waals surface area contributed by atoms with Crippen LogP contribution in [0, 0.1) is 0 Å². The lowest BCUT2D eigenvalue weighted by molar-refractivity contribution is -0.147. The molecule has 0 radical (unpaired) electrons. The molecule has 0 spiro atoms. The van der Waals surface area contributed by atoms with Gasteiger partial charge in [0, 0.05) is 6.61 Å². The maximum atomic E-state index is 12.2. The largest absolute Gasteiger partial charge is 0.465 e. The van der Waals surface area contributed by atoms with E-state index in [2.05, 4.69) is 6.92 Å². The van der Waals surface area contributed by atoms with Crippen LogP contribution in [0.2, 0.25) is 0 Å². The number of benzene rings is 1. The van der Waals surface area contributed by atoms with Crippen molar-refractivity contribution in [3.63, 3.8) is 0 Å². The molecule has 1 rings (SSSR count). The summed E-state index contributed by atoms with van der Waals surface area (Å²) in [5, 5.41) is 0. The third-order valence-electron chi connectivity index (χ3n) is 3.22. The summed E-state index contributed by atoms with van der Waals surface area (Å²) >= 11 is 0. The van der Waals surface area contributed by atoms with Crippen LogP contribution < -0.4 is 0 Å². The van der Waals surface area contributed by atoms with Gasteiger partial charge in [-0.05, 0) is 18.9 Å². The minimum Gasteiger partial charge on any atom is -0.465 e. The van der Waals surface area contributed by atoms with Gasteiger partial charge in [0.05, 0.1) is 13.2 Å². The number of rotatable bonds is 10. The van der Waals surface area contributed by atoms with Crippen molar-refractivity contribution >= 4 is 5.97 Å². The lowest BCUT2D eigenvalue weighted by Gasteiger charge is -2.16. The number of carbonyl (C=O) groups excluding carboxylic acids is 1. The SMILES string of the molecule is CCCCCCOC(=O)C(COCC)c1ccccc1. The van der Waals surface area contributed by atoms with Gasteiger partial charge in [-0.25, -0.2) is 0 Å². The van der Waals surface area contributed by atoms with E-state index in [1.165, 1.54) is 12.8 Å². The highest BCUT2D eigenvalue weighted by atomic mass is 16.5. The van der Waals surface area contributed by atoms with E-state index in [-0.39, 0.29) is 11.9 Å². The van der Waals surface area contributed by atoms with Crippen molar-refractivity contribution in [1.82, 2.24) is 0 Å². The van der Waals surface area contributed by atoms with E-state index >= 15 is 0 Å². The Morgan fingerprint density at radius 2 is 1.85 bits per heavy atom. The Morgan fingerprint density at radius 3 is 2.50 bits per heavy atom. The second-order valence-electron chi connectivity index (χ2n) is 4.85. The first-order chi connectivity index (χ1) is 9.79. The number of hydrogen-bond acceptors (Lipinski definition) is 3. The van der Waals surface area contributed by atoms with Gasteiger partial charge < -0.3 is 9.47 Å². The molecule has 0 fully saturated rings. The lowest BCUT2D eigenvalue weighted by atomic mass is 10.0. The van der Waals surface area contributed by atoms with Crippen molar-refractivity contribution in [1.29, 1.82) is 0 Å². The predicted molar refractivity (Wildman–Crippen MR) is 80.8 cm³/mol. The molecule has 1 atom stereocenters. The third-order valence-corrected chi connectivity index (χ3v) is 3.22. The molecule has 0 heterocycles. The van der Waals surface area contributed by atoms with E-state index < -0.39 is 0 Å². The Balaban J connectivity index is 2.48. The number of ether oxygens (including phenoxy) is 2. The zero-order chi connectivity index (χ0) is 14.6. The second kappa shape index (κ2) is 10.4. The summed E-state index contributed by atoms with van der Waals surface area (Å²) in [6.07, 6.45) is 4.44. The van der Waals surface area contributed by atoms with E-state index in [1.807, 2.05) is 37.3 Å². The number of unbranched alkanes of at least 4 members (excludes halogenated alkanes) is 3. The molecule has 0 aromatic heterocycles. The Hall–Kier alpha value is -1.35. The van der Waals surface area contributed by atoms with Gasteiger partial charge in [-0.1, -0.05) is 56.5 Å². The molecule has 0 aliphatic rings. The van der Waals surface area contributed by atoms with Crippen LogP contribution >= 0.6 is 0 Å². The van der Waals surface area contributed by atoms with E-state index in [0.717, 1.165) is 18.4 Å². The number of hydrogen-bond donors (Lipinski definition) is 0. The highest BCUT2D eigenvalue weighted by Gasteiger charge is 2.22. The quantitative estimate of drug-likeness (QED) is 0.480. The molecule has 0 N–H and O–H groups in total. The van der Waals surface area contributed by atoms with E-state index in [1.54, 1.807) is 0 Å². The Labute approximate surface area is 122 Å². The summed E-state index contributed by atoms with van der Waals surface area (Å²) in [5.74, 6) is -0.497. The van der Waals surface area contributed by atoms with Gasteiger partial charge in [-0.2, -0.15) is 0 Å². The Bertz CT molecular complexity index is 362. The van der Waals surface area contributed by atoms with Crippen molar-refractivity contribution in [2.75, 3.05) is 19.8 Å². The fourth-order valence-corrected chi connectivity index (χ4v) is 2.02. The second-order valence-corrected chi connectivity index (χ2v) is 4.85. The maximum absolute atomic E-state index is 12.2. The summed E-state index contributed by atoms with van der Waals surface area (Å²) in [6.45, 7) is 5.59. The summed E-state index contributed by atoms with van der Waals surface area (Å²) in [6, 6.07) is 9.70. The van der Waals surface area contributed by atoms with E-state index in [4.69, 9.17) is 9.47 Å². The molecule has 1 aromatic rings. The van der Waals surface area contributed by atoms with Gasteiger partial charge in [0.1, 0.15) is 5.92 Å². The molecule has 0 saturated carbocycles. The minimum absolute atomic E-state index is 0.179. The average Bonchev–Trinajstić information content (AvgIpc) is 2.48. The standard InChI is InChI=1S/C17H26O3/c1-3-5-6-10-13-20-17(18)16(14-19-4-2)15-11-8-7-9-12-15/h7-9,11-12,16H,3-6,10,13-14H2,1-2H3. The first-order valence-corrected chi connectivity index (χ1v) is 7.58. The molecular weight excluding hydrogens is 252 g/mol. The Kier molecular flexibility index (Phi) is 8.72. The summed E-state index contributed by atoms with van der Waals surface area (Å²) in [4.78, 5) is 12.2. The molecule has 3 nitrogen and oxygen atoms in total. The van der Waals surface area contributed by atoms with Gasteiger partial charge in [0.2, 0.25) is 0 Å². The summed E-state index contributed by atoms with van der Waals surface area (Å²) in [7, 11) is 0. The average molecular weight is 278 g/mol. The smallest absolute Gasteiger partial charge is 0.315 e. The molecule has 1 aromatic carbocycles. The van der Waals surface area contributed by atoms with Crippen molar-refractivity contribution in [3.8, 4) is 0 Å². The van der Waals surface area contributed by atoms with Crippen molar-refractivity contribution in [3.05, 3.63) is 35.9 Å². The monoisotopic (exact) mass is 278 g/mol.